The van der Waals surface area contributed by atoms with Crippen molar-refractivity contribution in [3.05, 3.63) is 69.8 Å². The second-order valence-electron chi connectivity index (χ2n) is 21.5. The van der Waals surface area contributed by atoms with Gasteiger partial charge in [0.2, 0.25) is 5.78 Å². The van der Waals surface area contributed by atoms with E-state index in [-0.39, 0.29) is 76.0 Å². The van der Waals surface area contributed by atoms with Gasteiger partial charge in [-0.2, -0.15) is 0 Å². The van der Waals surface area contributed by atoms with Gasteiger partial charge in [0.25, 0.3) is 11.7 Å². The molecule has 0 unspecified atom stereocenters. The number of aliphatic hydroxyl groups is 4. The van der Waals surface area contributed by atoms with Gasteiger partial charge in [-0.05, 0) is 38.7 Å². The molecule has 75 heavy (non-hydrogen) atoms. The van der Waals surface area contributed by atoms with Crippen molar-refractivity contribution >= 4 is 29.2 Å². The maximum atomic E-state index is 14.7. The number of aromatic hydroxyl groups is 1. The quantitative estimate of drug-likeness (QED) is 0.0983. The van der Waals surface area contributed by atoms with E-state index in [1.54, 1.807) is 58.9 Å². The number of carbonyl (C=O) groups is 4. The summed E-state index contributed by atoms with van der Waals surface area (Å²) in [5, 5.41) is 65.3. The first-order chi connectivity index (χ1) is 35.4. The lowest BCUT2D eigenvalue weighted by molar-refractivity contribution is -0.160. The van der Waals surface area contributed by atoms with E-state index in [2.05, 4.69) is 40.0 Å². The maximum absolute atomic E-state index is 14.7. The number of allylic oxidation sites excluding steroid dienone is 4. The monoisotopic (exact) mass is 1050 g/mol. The summed E-state index contributed by atoms with van der Waals surface area (Å²) < 4.78 is 24.0. The molecular formula is C56H86N6O13. The molecular weight excluding hydrogens is 965 g/mol. The predicted molar refractivity (Wildman–Crippen MR) is 285 cm³/mol. The molecule has 1 amide bonds. The van der Waals surface area contributed by atoms with Gasteiger partial charge in [0.05, 0.1) is 60.3 Å². The van der Waals surface area contributed by atoms with Crippen molar-refractivity contribution in [1.82, 2.24) is 26.2 Å². The fourth-order valence-electron chi connectivity index (χ4n) is 10.5. The minimum atomic E-state index is -1.97. The number of hydrogen-bond acceptors (Lipinski definition) is 18. The minimum Gasteiger partial charge on any atom is -0.507 e. The van der Waals surface area contributed by atoms with E-state index in [1.165, 1.54) is 34.1 Å². The molecule has 1 aromatic carbocycles. The number of esters is 1. The third-order valence-electron chi connectivity index (χ3n) is 15.4. The van der Waals surface area contributed by atoms with Crippen LogP contribution >= 0.6 is 0 Å². The van der Waals surface area contributed by atoms with Gasteiger partial charge in [-0.3, -0.25) is 24.2 Å². The van der Waals surface area contributed by atoms with Crippen LogP contribution in [0, 0.1) is 36.5 Å². The number of benzene rings is 1. The van der Waals surface area contributed by atoms with Crippen molar-refractivity contribution in [1.29, 1.82) is 0 Å². The Labute approximate surface area is 443 Å². The summed E-state index contributed by atoms with van der Waals surface area (Å²) in [6.45, 7) is 25.6. The molecule has 6 rings (SSSR count). The Morgan fingerprint density at radius 2 is 1.52 bits per heavy atom. The van der Waals surface area contributed by atoms with E-state index in [0.29, 0.717) is 18.8 Å². The molecule has 11 atom stereocenters. The zero-order chi connectivity index (χ0) is 55.7. The average molecular weight is 1050 g/mol. The van der Waals surface area contributed by atoms with Crippen molar-refractivity contribution in [3.8, 4) is 11.5 Å². The zero-order valence-electron chi connectivity index (χ0n) is 46.4. The molecule has 1 fully saturated rings. The van der Waals surface area contributed by atoms with Crippen LogP contribution in [0.2, 0.25) is 0 Å². The summed E-state index contributed by atoms with van der Waals surface area (Å²) in [5.74, 6) is -6.78. The van der Waals surface area contributed by atoms with Crippen molar-refractivity contribution in [2.75, 3.05) is 53.0 Å². The Morgan fingerprint density at radius 3 is 2.07 bits per heavy atom. The van der Waals surface area contributed by atoms with Crippen LogP contribution in [0.4, 0.5) is 0 Å². The summed E-state index contributed by atoms with van der Waals surface area (Å²) in [4.78, 5) is 63.3. The lowest BCUT2D eigenvalue weighted by Gasteiger charge is -2.38. The number of ether oxygens (including phenoxy) is 4. The number of piperidine rings is 1. The summed E-state index contributed by atoms with van der Waals surface area (Å²) in [6.07, 6.45) is 6.93. The highest BCUT2D eigenvalue weighted by atomic mass is 16.7. The average Bonchev–Trinajstić information content (AvgIpc) is 3.88. The van der Waals surface area contributed by atoms with E-state index < -0.39 is 88.7 Å². The second kappa shape index (κ2) is 26.4. The maximum Gasteiger partial charge on any atom is 0.312 e. The first-order valence-corrected chi connectivity index (χ1v) is 26.7. The number of ketones is 2. The van der Waals surface area contributed by atoms with Crippen LogP contribution in [0.1, 0.15) is 134 Å². The summed E-state index contributed by atoms with van der Waals surface area (Å²) in [5.41, 5.74) is -0.192. The highest BCUT2D eigenvalue weighted by Crippen LogP contribution is 2.50. The predicted octanol–water partition coefficient (Wildman–Crippen LogP) is 4.32. The number of Topliss-reactive ketones (excluding diaryl/α,β-unsaturated/α-hetero) is 2. The van der Waals surface area contributed by atoms with Gasteiger partial charge in [-0.25, -0.2) is 0 Å². The van der Waals surface area contributed by atoms with E-state index in [9.17, 15) is 34.5 Å². The molecule has 0 saturated carbocycles. The molecule has 1 saturated heterocycles. The van der Waals surface area contributed by atoms with Gasteiger partial charge >= 0.3 is 11.8 Å². The van der Waals surface area contributed by atoms with Gasteiger partial charge in [-0.1, -0.05) is 73.6 Å². The molecule has 4 heterocycles. The lowest BCUT2D eigenvalue weighted by atomic mass is 9.78. The fourth-order valence-corrected chi connectivity index (χ4v) is 10.5. The molecule has 9 N–H and O–H groups in total. The number of likely N-dealkylation sites (tertiary alicyclic amines) is 1. The molecule has 1 aliphatic carbocycles. The van der Waals surface area contributed by atoms with Gasteiger partial charge < -0.3 is 70.6 Å². The molecule has 5 aliphatic rings. The largest absolute Gasteiger partial charge is 0.507 e. The van der Waals surface area contributed by atoms with Crippen LogP contribution in [0.3, 0.4) is 0 Å². The first-order valence-electron chi connectivity index (χ1n) is 26.7. The number of rotatable bonds is 13. The molecule has 418 valence electrons. The number of nitrogens with one attached hydrogen (secondary N) is 4. The van der Waals surface area contributed by atoms with Gasteiger partial charge in [0, 0.05) is 119 Å². The normalized spacial score (nSPS) is 30.4. The summed E-state index contributed by atoms with van der Waals surface area (Å²) >= 11 is 0. The number of fused-ring (bicyclic) bond motifs is 3. The third-order valence-corrected chi connectivity index (χ3v) is 15.4. The molecule has 0 aromatic heterocycles. The van der Waals surface area contributed by atoms with Crippen LogP contribution < -0.4 is 26.0 Å². The smallest absolute Gasteiger partial charge is 0.312 e. The van der Waals surface area contributed by atoms with E-state index in [4.69, 9.17) is 34.2 Å². The minimum absolute atomic E-state index is 0.0164. The number of aliphatic imine (C=N–C) groups is 1. The van der Waals surface area contributed by atoms with Crippen molar-refractivity contribution in [2.24, 2.45) is 34.6 Å². The number of methoxy groups -OCH3 is 1. The summed E-state index contributed by atoms with van der Waals surface area (Å²) in [7, 11) is 1.46. The Bertz CT molecular complexity index is 2350. The molecule has 19 nitrogen and oxygen atoms in total. The van der Waals surface area contributed by atoms with Crippen LogP contribution in [0.15, 0.2) is 52.5 Å². The van der Waals surface area contributed by atoms with Gasteiger partial charge in [0.15, 0.2) is 0 Å². The standard InChI is InChI=1S/C46H62N4O11.C10H24N2O2/c1-22(2)21-50-18-16-46(17-19-50)48-34-31-32-39(54)28(8)42-33(31)43(56)45(10,61-42)59-20-15-30(58-11)25(5)41(60-29(9)51)27(7)38(53)26(6)37(52)23(3)13-12-14-24(4)44(57)47-36(40(32)55)35(34)49-46;1-3-9(7-13)11-5-6-12-10(4-2)8-14/h12-15,20,22-23,25-27,30,37-38,41,49,52-54H,16-19,21H2,1-11H3,(H,47,57);9-14H,3-8H2,1-2H3/b13-12+,20-15+,24-14-;/t23-,25+,26+,27+,30-,37-,38+,41+,45-;9-,10-/m00/s1. The Balaban J connectivity index is 0.000000649. The lowest BCUT2D eigenvalue weighted by Crippen LogP contribution is -2.50. The highest BCUT2D eigenvalue weighted by molar-refractivity contribution is 6.34. The Morgan fingerprint density at radius 1 is 0.907 bits per heavy atom. The number of aliphatic hydroxyl groups excluding tert-OH is 4. The number of amides is 1. The molecule has 1 spiro atoms. The van der Waals surface area contributed by atoms with Crippen molar-refractivity contribution in [3.63, 3.8) is 0 Å². The Hall–Kier alpha value is -4.99. The van der Waals surface area contributed by atoms with Gasteiger partial charge in [-0.15, -0.1) is 0 Å². The van der Waals surface area contributed by atoms with E-state index >= 15 is 0 Å². The summed E-state index contributed by atoms with van der Waals surface area (Å²) in [6, 6.07) is 0.400. The van der Waals surface area contributed by atoms with Crippen LogP contribution in [-0.2, 0) is 23.8 Å². The van der Waals surface area contributed by atoms with Crippen molar-refractivity contribution in [2.45, 2.75) is 157 Å². The SMILES string of the molecule is CC[C@@H](CO)NCCN[C@@H](CC)CO.CO[C@H]1/C=C/O[C@@]2(C)Oc3c(C)c(O)c4c(c3C2=O)C2=NC3(CCN(CC(C)C)CC3)NC2=C(NC(=O)/C(C)=C\C=C\[C@H](C)[C@H](O)[C@@H](C)[C@@H](O)[C@@H](C)[C@H](OC(C)=O)[C@@H]1C)C4=O. The van der Waals surface area contributed by atoms with Gasteiger partial charge in [0.1, 0.15) is 29.0 Å². The second-order valence-corrected chi connectivity index (χ2v) is 21.5. The topological polar surface area (TPSA) is 270 Å². The highest BCUT2D eigenvalue weighted by Gasteiger charge is 2.54. The van der Waals surface area contributed by atoms with Crippen LogP contribution in [0.25, 0.3) is 0 Å². The Kier molecular flexibility index (Phi) is 21.4. The van der Waals surface area contributed by atoms with E-state index in [0.717, 1.165) is 45.6 Å². The number of phenolic OH excluding ortho intramolecular Hbond substituents is 1. The molecule has 19 heteroatoms. The van der Waals surface area contributed by atoms with E-state index in [1.807, 2.05) is 13.8 Å². The molecule has 0 radical (unpaired) electrons. The number of nitrogens with zero attached hydrogens (tertiary/aromatic N) is 2. The van der Waals surface area contributed by atoms with Crippen LogP contribution in [0.5, 0.6) is 11.5 Å². The first kappa shape index (κ1) is 60.9. The molecule has 1 aromatic rings. The number of carbonyl (C=O) groups excluding carboxylic acids is 4. The third kappa shape index (κ3) is 13.8. The number of hydrogen-bond donors (Lipinski definition) is 9. The fraction of sp³-hybridized carbons (Fsp3) is 0.661. The molecule has 5 bridgehead atoms. The van der Waals surface area contributed by atoms with Crippen molar-refractivity contribution < 1.29 is 63.7 Å². The zero-order valence-corrected chi connectivity index (χ0v) is 46.4. The molecule has 4 aliphatic heterocycles. The van der Waals surface area contributed by atoms with Crippen LogP contribution in [-0.4, -0.2) is 161 Å². The number of phenols is 1.